The molecular formula is C19H15Cl2N3S. The summed E-state index contributed by atoms with van der Waals surface area (Å²) in [5.41, 5.74) is 2.31. The SMILES string of the molecule is Clc1ccc(CN(Cc2cccc3ccsc23)n2ccnc2)c(Cl)c1. The van der Waals surface area contributed by atoms with E-state index in [4.69, 9.17) is 23.2 Å². The molecule has 2 aromatic heterocycles. The quantitative estimate of drug-likeness (QED) is 0.435. The molecule has 0 unspecified atom stereocenters. The van der Waals surface area contributed by atoms with Gasteiger partial charge in [-0.05, 0) is 40.1 Å². The van der Waals surface area contributed by atoms with Crippen LogP contribution >= 0.6 is 34.5 Å². The van der Waals surface area contributed by atoms with Gasteiger partial charge in [-0.1, -0.05) is 47.5 Å². The average molecular weight is 388 g/mol. The van der Waals surface area contributed by atoms with E-state index < -0.39 is 0 Å². The third kappa shape index (κ3) is 3.52. The third-order valence-corrected chi connectivity index (χ3v) is 5.69. The van der Waals surface area contributed by atoms with E-state index in [0.29, 0.717) is 16.6 Å². The number of hydrogen-bond acceptors (Lipinski definition) is 3. The molecule has 0 bridgehead atoms. The second-order valence-electron chi connectivity index (χ2n) is 5.76. The first-order chi connectivity index (χ1) is 12.2. The Morgan fingerprint density at radius 3 is 2.72 bits per heavy atom. The van der Waals surface area contributed by atoms with Gasteiger partial charge in [0, 0.05) is 27.1 Å². The first-order valence-electron chi connectivity index (χ1n) is 7.83. The summed E-state index contributed by atoms with van der Waals surface area (Å²) < 4.78 is 3.31. The second-order valence-corrected chi connectivity index (χ2v) is 7.52. The Morgan fingerprint density at radius 2 is 1.92 bits per heavy atom. The van der Waals surface area contributed by atoms with Crippen LogP contribution in [0.5, 0.6) is 0 Å². The van der Waals surface area contributed by atoms with Crippen molar-refractivity contribution in [3.05, 3.63) is 87.7 Å². The highest BCUT2D eigenvalue weighted by Crippen LogP contribution is 2.27. The lowest BCUT2D eigenvalue weighted by molar-refractivity contribution is 0.577. The minimum Gasteiger partial charge on any atom is -0.303 e. The third-order valence-electron chi connectivity index (χ3n) is 4.10. The molecule has 0 aliphatic rings. The zero-order valence-electron chi connectivity index (χ0n) is 13.3. The van der Waals surface area contributed by atoms with Gasteiger partial charge in [0.25, 0.3) is 0 Å². The van der Waals surface area contributed by atoms with Crippen molar-refractivity contribution in [1.29, 1.82) is 0 Å². The largest absolute Gasteiger partial charge is 0.303 e. The van der Waals surface area contributed by atoms with Gasteiger partial charge >= 0.3 is 0 Å². The van der Waals surface area contributed by atoms with E-state index >= 15 is 0 Å². The molecule has 0 aliphatic heterocycles. The lowest BCUT2D eigenvalue weighted by Gasteiger charge is -2.26. The van der Waals surface area contributed by atoms with Gasteiger partial charge < -0.3 is 5.01 Å². The van der Waals surface area contributed by atoms with Gasteiger partial charge in [0.05, 0.1) is 13.1 Å². The predicted molar refractivity (Wildman–Crippen MR) is 106 cm³/mol. The minimum atomic E-state index is 0.645. The van der Waals surface area contributed by atoms with E-state index in [1.807, 2.05) is 23.0 Å². The van der Waals surface area contributed by atoms with Gasteiger partial charge in [-0.2, -0.15) is 0 Å². The zero-order valence-corrected chi connectivity index (χ0v) is 15.6. The first kappa shape index (κ1) is 16.5. The highest BCUT2D eigenvalue weighted by Gasteiger charge is 2.12. The zero-order chi connectivity index (χ0) is 17.2. The van der Waals surface area contributed by atoms with Crippen LogP contribution in [-0.4, -0.2) is 9.66 Å². The normalized spacial score (nSPS) is 11.1. The van der Waals surface area contributed by atoms with Crippen LogP contribution in [0.3, 0.4) is 0 Å². The highest BCUT2D eigenvalue weighted by atomic mass is 35.5. The molecule has 3 nitrogen and oxygen atoms in total. The summed E-state index contributed by atoms with van der Waals surface area (Å²) in [5, 5.41) is 6.93. The number of imidazole rings is 1. The van der Waals surface area contributed by atoms with Crippen LogP contribution in [0.1, 0.15) is 11.1 Å². The molecule has 0 N–H and O–H groups in total. The van der Waals surface area contributed by atoms with Crippen LogP contribution in [0.2, 0.25) is 10.0 Å². The summed E-state index contributed by atoms with van der Waals surface area (Å²) >= 11 is 14.2. The maximum absolute atomic E-state index is 6.38. The van der Waals surface area contributed by atoms with Gasteiger partial charge in [0.1, 0.15) is 6.33 Å². The Balaban J connectivity index is 1.68. The van der Waals surface area contributed by atoms with Gasteiger partial charge in [0.15, 0.2) is 0 Å². The molecule has 0 amide bonds. The van der Waals surface area contributed by atoms with Crippen LogP contribution in [0.15, 0.2) is 66.6 Å². The van der Waals surface area contributed by atoms with Crippen molar-refractivity contribution in [3.8, 4) is 0 Å². The summed E-state index contributed by atoms with van der Waals surface area (Å²) in [6.07, 6.45) is 5.53. The Kier molecular flexibility index (Phi) is 4.66. The van der Waals surface area contributed by atoms with Crippen LogP contribution in [-0.2, 0) is 13.1 Å². The Labute approximate surface area is 160 Å². The fraction of sp³-hybridized carbons (Fsp3) is 0.105. The van der Waals surface area contributed by atoms with Gasteiger partial charge in [0.2, 0.25) is 0 Å². The summed E-state index contributed by atoms with van der Waals surface area (Å²) in [6, 6.07) is 14.2. The fourth-order valence-corrected chi connectivity index (χ4v) is 4.24. The molecule has 4 rings (SSSR count). The van der Waals surface area contributed by atoms with E-state index in [1.54, 1.807) is 29.9 Å². The summed E-state index contributed by atoms with van der Waals surface area (Å²) in [5.74, 6) is 0. The van der Waals surface area contributed by atoms with Crippen LogP contribution in [0, 0.1) is 0 Å². The number of aromatic nitrogens is 2. The van der Waals surface area contributed by atoms with Gasteiger partial charge in [-0.25, -0.2) is 4.98 Å². The summed E-state index contributed by atoms with van der Waals surface area (Å²) in [7, 11) is 0. The number of halogens is 2. The minimum absolute atomic E-state index is 0.645. The predicted octanol–water partition coefficient (Wildman–Crippen LogP) is 5.74. The van der Waals surface area contributed by atoms with Crippen molar-refractivity contribution >= 4 is 44.6 Å². The second kappa shape index (κ2) is 7.08. The molecule has 4 aromatic rings. The number of fused-ring (bicyclic) bond motifs is 1. The van der Waals surface area contributed by atoms with Crippen LogP contribution < -0.4 is 5.01 Å². The molecule has 2 aromatic carbocycles. The fourth-order valence-electron chi connectivity index (χ4n) is 2.86. The van der Waals surface area contributed by atoms with Crippen molar-refractivity contribution in [2.75, 3.05) is 5.01 Å². The number of thiophene rings is 1. The molecule has 2 heterocycles. The van der Waals surface area contributed by atoms with Crippen LogP contribution in [0.4, 0.5) is 0 Å². The molecule has 25 heavy (non-hydrogen) atoms. The van der Waals surface area contributed by atoms with E-state index in [9.17, 15) is 0 Å². The molecule has 0 aliphatic carbocycles. The van der Waals surface area contributed by atoms with Gasteiger partial charge in [-0.3, -0.25) is 4.68 Å². The van der Waals surface area contributed by atoms with Crippen molar-refractivity contribution in [1.82, 2.24) is 9.66 Å². The number of nitrogens with zero attached hydrogens (tertiary/aromatic N) is 3. The molecule has 0 saturated heterocycles. The first-order valence-corrected chi connectivity index (χ1v) is 9.46. The van der Waals surface area contributed by atoms with Crippen molar-refractivity contribution < 1.29 is 0 Å². The summed E-state index contributed by atoms with van der Waals surface area (Å²) in [6.45, 7) is 1.42. The van der Waals surface area contributed by atoms with Crippen LogP contribution in [0.25, 0.3) is 10.1 Å². The molecule has 0 radical (unpaired) electrons. The highest BCUT2D eigenvalue weighted by molar-refractivity contribution is 7.17. The molecule has 0 atom stereocenters. The lowest BCUT2D eigenvalue weighted by Crippen LogP contribution is -2.32. The maximum Gasteiger partial charge on any atom is 0.114 e. The van der Waals surface area contributed by atoms with Gasteiger partial charge in [-0.15, -0.1) is 11.3 Å². The van der Waals surface area contributed by atoms with E-state index in [1.165, 1.54) is 15.6 Å². The Hall–Kier alpha value is -2.01. The molecule has 0 spiro atoms. The number of benzene rings is 2. The topological polar surface area (TPSA) is 21.1 Å². The molecule has 0 fully saturated rings. The van der Waals surface area contributed by atoms with Crippen molar-refractivity contribution in [2.24, 2.45) is 0 Å². The number of hydrogen-bond donors (Lipinski definition) is 0. The van der Waals surface area contributed by atoms with E-state index in [-0.39, 0.29) is 0 Å². The molecule has 0 saturated carbocycles. The summed E-state index contributed by atoms with van der Waals surface area (Å²) in [4.78, 5) is 4.18. The van der Waals surface area contributed by atoms with Crippen molar-refractivity contribution in [2.45, 2.75) is 13.1 Å². The standard InChI is InChI=1S/C19H15Cl2N3S/c20-17-5-4-15(18(21)10-17)11-24(23-8-7-22-13-23)12-16-3-1-2-14-6-9-25-19(14)16/h1-10,13H,11-12H2. The lowest BCUT2D eigenvalue weighted by atomic mass is 10.1. The Bertz CT molecular complexity index is 995. The smallest absolute Gasteiger partial charge is 0.114 e. The Morgan fingerprint density at radius 1 is 1.04 bits per heavy atom. The van der Waals surface area contributed by atoms with E-state index in [2.05, 4.69) is 39.6 Å². The molecule has 126 valence electrons. The maximum atomic E-state index is 6.38. The van der Waals surface area contributed by atoms with Crippen molar-refractivity contribution in [3.63, 3.8) is 0 Å². The van der Waals surface area contributed by atoms with E-state index in [0.717, 1.165) is 12.1 Å². The number of rotatable bonds is 5. The average Bonchev–Trinajstić information content (AvgIpc) is 3.28. The molecular weight excluding hydrogens is 373 g/mol. The monoisotopic (exact) mass is 387 g/mol. The molecule has 6 heteroatoms.